The zero-order valence-corrected chi connectivity index (χ0v) is 8.38. The van der Waals surface area contributed by atoms with Crippen molar-refractivity contribution in [1.29, 1.82) is 5.26 Å². The first-order chi connectivity index (χ1) is 7.82. The first-order valence-corrected chi connectivity index (χ1v) is 4.39. The number of nitriles is 1. The number of hydrogen-bond acceptors (Lipinski definition) is 3. The van der Waals surface area contributed by atoms with Gasteiger partial charge in [-0.15, -0.1) is 0 Å². The van der Waals surface area contributed by atoms with Crippen LogP contribution >= 0.6 is 0 Å². The molecule has 1 aromatic rings. The van der Waals surface area contributed by atoms with Gasteiger partial charge in [-0.1, -0.05) is 6.07 Å². The molecule has 0 spiro atoms. The van der Waals surface area contributed by atoms with E-state index in [-0.39, 0.29) is 12.1 Å². The van der Waals surface area contributed by atoms with Crippen molar-refractivity contribution in [1.82, 2.24) is 0 Å². The van der Waals surface area contributed by atoms with Crippen LogP contribution in [0.5, 0.6) is 0 Å². The molecule has 0 radical (unpaired) electrons. The molecule has 3 N–H and O–H groups in total. The molecule has 1 aromatic carbocycles. The van der Waals surface area contributed by atoms with E-state index in [9.17, 15) is 18.0 Å². The molecular weight excluding hydrogens is 237 g/mol. The van der Waals surface area contributed by atoms with Crippen LogP contribution in [0.15, 0.2) is 12.1 Å². The van der Waals surface area contributed by atoms with Crippen LogP contribution in [0.25, 0.3) is 0 Å². The number of alkyl halides is 3. The van der Waals surface area contributed by atoms with Crippen molar-refractivity contribution in [3.8, 4) is 6.07 Å². The van der Waals surface area contributed by atoms with Gasteiger partial charge in [-0.05, 0) is 11.6 Å². The molecule has 17 heavy (non-hydrogen) atoms. The zero-order valence-electron chi connectivity index (χ0n) is 8.38. The number of nitrogens with two attached hydrogens (primary N) is 1. The fourth-order valence-electron chi connectivity index (χ4n) is 1.45. The summed E-state index contributed by atoms with van der Waals surface area (Å²) in [5, 5.41) is 17.4. The number of rotatable bonds is 2. The van der Waals surface area contributed by atoms with Crippen molar-refractivity contribution >= 4 is 5.97 Å². The van der Waals surface area contributed by atoms with Crippen molar-refractivity contribution in [3.05, 3.63) is 34.4 Å². The van der Waals surface area contributed by atoms with Gasteiger partial charge in [0.05, 0.1) is 22.8 Å². The van der Waals surface area contributed by atoms with Crippen LogP contribution in [0.3, 0.4) is 0 Å². The molecule has 0 bridgehead atoms. The number of benzene rings is 1. The summed E-state index contributed by atoms with van der Waals surface area (Å²) in [6.45, 7) is -0.351. The van der Waals surface area contributed by atoms with E-state index < -0.39 is 28.8 Å². The van der Waals surface area contributed by atoms with E-state index in [0.717, 1.165) is 12.1 Å². The Balaban J connectivity index is 3.73. The second-order valence-electron chi connectivity index (χ2n) is 3.14. The Hall–Kier alpha value is -2.07. The summed E-state index contributed by atoms with van der Waals surface area (Å²) in [7, 11) is 0. The molecule has 0 saturated carbocycles. The number of carboxylic acids is 1. The zero-order chi connectivity index (χ0) is 13.2. The predicted octanol–water partition coefficient (Wildman–Crippen LogP) is 1.73. The molecule has 0 heterocycles. The molecule has 1 rings (SSSR count). The van der Waals surface area contributed by atoms with E-state index in [1.807, 2.05) is 0 Å². The second-order valence-corrected chi connectivity index (χ2v) is 3.14. The predicted molar refractivity (Wildman–Crippen MR) is 51.0 cm³/mol. The summed E-state index contributed by atoms with van der Waals surface area (Å²) in [4.78, 5) is 10.9. The summed E-state index contributed by atoms with van der Waals surface area (Å²) >= 11 is 0. The van der Waals surface area contributed by atoms with E-state index in [1.54, 1.807) is 0 Å². The average Bonchev–Trinajstić information content (AvgIpc) is 2.25. The largest absolute Gasteiger partial charge is 0.478 e. The molecule has 4 nitrogen and oxygen atoms in total. The Kier molecular flexibility index (Phi) is 3.39. The van der Waals surface area contributed by atoms with E-state index in [4.69, 9.17) is 16.1 Å². The third-order valence-corrected chi connectivity index (χ3v) is 2.13. The van der Waals surface area contributed by atoms with Gasteiger partial charge in [-0.2, -0.15) is 18.4 Å². The molecule has 0 aliphatic rings. The Morgan fingerprint density at radius 3 is 2.41 bits per heavy atom. The first-order valence-electron chi connectivity index (χ1n) is 4.39. The lowest BCUT2D eigenvalue weighted by molar-refractivity contribution is -0.138. The maximum absolute atomic E-state index is 12.7. The number of hydrogen-bond donors (Lipinski definition) is 2. The highest BCUT2D eigenvalue weighted by molar-refractivity contribution is 5.92. The average molecular weight is 244 g/mol. The van der Waals surface area contributed by atoms with Crippen molar-refractivity contribution < 1.29 is 23.1 Å². The molecule has 0 aromatic heterocycles. The molecule has 90 valence electrons. The third kappa shape index (κ3) is 2.37. The molecule has 0 amide bonds. The molecule has 0 fully saturated rings. The molecule has 0 saturated heterocycles. The lowest BCUT2D eigenvalue weighted by Gasteiger charge is -2.14. The summed E-state index contributed by atoms with van der Waals surface area (Å²) in [6.07, 6.45) is -4.91. The first kappa shape index (κ1) is 13.0. The summed E-state index contributed by atoms with van der Waals surface area (Å²) < 4.78 is 38.2. The molecular formula is C10H7F3N2O2. The van der Waals surface area contributed by atoms with E-state index in [1.165, 1.54) is 6.07 Å². The van der Waals surface area contributed by atoms with E-state index >= 15 is 0 Å². The van der Waals surface area contributed by atoms with E-state index in [0.29, 0.717) is 0 Å². The Morgan fingerprint density at radius 1 is 1.47 bits per heavy atom. The van der Waals surface area contributed by atoms with Crippen LogP contribution in [0.2, 0.25) is 0 Å². The van der Waals surface area contributed by atoms with Gasteiger partial charge in [0.15, 0.2) is 0 Å². The minimum Gasteiger partial charge on any atom is -0.478 e. The van der Waals surface area contributed by atoms with Crippen LogP contribution in [0, 0.1) is 11.3 Å². The van der Waals surface area contributed by atoms with Crippen LogP contribution in [0.4, 0.5) is 13.2 Å². The van der Waals surface area contributed by atoms with Crippen molar-refractivity contribution in [3.63, 3.8) is 0 Å². The normalized spacial score (nSPS) is 11.0. The van der Waals surface area contributed by atoms with E-state index in [2.05, 4.69) is 0 Å². The third-order valence-electron chi connectivity index (χ3n) is 2.13. The van der Waals surface area contributed by atoms with Gasteiger partial charge >= 0.3 is 12.1 Å². The van der Waals surface area contributed by atoms with Crippen molar-refractivity contribution in [2.45, 2.75) is 12.7 Å². The number of carbonyl (C=O) groups is 1. The molecule has 0 aliphatic carbocycles. The Bertz CT molecular complexity index is 503. The van der Waals surface area contributed by atoms with Gasteiger partial charge in [0.2, 0.25) is 0 Å². The van der Waals surface area contributed by atoms with Crippen molar-refractivity contribution in [2.24, 2.45) is 5.73 Å². The van der Waals surface area contributed by atoms with Crippen molar-refractivity contribution in [2.75, 3.05) is 0 Å². The lowest BCUT2D eigenvalue weighted by atomic mass is 9.96. The van der Waals surface area contributed by atoms with Crippen LogP contribution in [-0.4, -0.2) is 11.1 Å². The lowest BCUT2D eigenvalue weighted by Crippen LogP contribution is -2.18. The second kappa shape index (κ2) is 4.43. The highest BCUT2D eigenvalue weighted by Crippen LogP contribution is 2.36. The molecule has 0 unspecified atom stereocenters. The smallest absolute Gasteiger partial charge is 0.418 e. The number of carboxylic acid groups (broad SMARTS) is 1. The SMILES string of the molecule is N#Cc1ccc(CN)c(C(=O)O)c1C(F)(F)F. The Labute approximate surface area is 94.1 Å². The van der Waals surface area contributed by atoms with Crippen LogP contribution < -0.4 is 5.73 Å². The minimum absolute atomic E-state index is 0.163. The summed E-state index contributed by atoms with van der Waals surface area (Å²) in [5.41, 5.74) is 1.88. The number of halogens is 3. The van der Waals surface area contributed by atoms with Crippen LogP contribution in [-0.2, 0) is 12.7 Å². The van der Waals surface area contributed by atoms with Crippen LogP contribution in [0.1, 0.15) is 27.0 Å². The fourth-order valence-corrected chi connectivity index (χ4v) is 1.45. The monoisotopic (exact) mass is 244 g/mol. The van der Waals surface area contributed by atoms with Gasteiger partial charge in [0, 0.05) is 6.54 Å². The topological polar surface area (TPSA) is 87.1 Å². The molecule has 0 aliphatic heterocycles. The maximum Gasteiger partial charge on any atom is 0.418 e. The highest BCUT2D eigenvalue weighted by Gasteiger charge is 2.39. The van der Waals surface area contributed by atoms with Gasteiger partial charge in [0.1, 0.15) is 0 Å². The highest BCUT2D eigenvalue weighted by atomic mass is 19.4. The molecule has 0 atom stereocenters. The quantitative estimate of drug-likeness (QED) is 0.829. The van der Waals surface area contributed by atoms with Gasteiger partial charge in [-0.25, -0.2) is 4.79 Å². The summed E-state index contributed by atoms with van der Waals surface area (Å²) in [6, 6.07) is 3.35. The maximum atomic E-state index is 12.7. The summed E-state index contributed by atoms with van der Waals surface area (Å²) in [5.74, 6) is -1.75. The standard InChI is InChI=1S/C10H7F3N2O2/c11-10(12,13)8-6(4-15)2-1-5(3-14)7(8)9(16)17/h1-2H,3,14H2,(H,16,17). The van der Waals surface area contributed by atoms with Gasteiger partial charge in [-0.3, -0.25) is 0 Å². The van der Waals surface area contributed by atoms with Gasteiger partial charge in [0.25, 0.3) is 0 Å². The Morgan fingerprint density at radius 2 is 2.06 bits per heavy atom. The number of aromatic carboxylic acids is 1. The van der Waals surface area contributed by atoms with Gasteiger partial charge < -0.3 is 10.8 Å². The minimum atomic E-state index is -4.91. The number of nitrogens with zero attached hydrogens (tertiary/aromatic N) is 1. The fraction of sp³-hybridized carbons (Fsp3) is 0.200. The molecule has 7 heteroatoms.